The van der Waals surface area contributed by atoms with Crippen LogP contribution in [-0.4, -0.2) is 26.5 Å². The molecule has 1 fully saturated rings. The van der Waals surface area contributed by atoms with Gasteiger partial charge in [0.1, 0.15) is 11.5 Å². The Labute approximate surface area is 249 Å². The largest absolute Gasteiger partial charge is 0.456 e. The summed E-state index contributed by atoms with van der Waals surface area (Å²) in [7, 11) is -4.04. The van der Waals surface area contributed by atoms with Crippen molar-refractivity contribution in [2.75, 3.05) is 4.72 Å². The molecule has 4 aromatic rings. The number of benzene rings is 4. The van der Waals surface area contributed by atoms with Crippen LogP contribution in [-0.2, 0) is 21.4 Å². The Hall–Kier alpha value is -3.56. The minimum atomic E-state index is -4.04. The van der Waals surface area contributed by atoms with Gasteiger partial charge >= 0.3 is 0 Å². The molecule has 0 unspecified atom stereocenters. The highest BCUT2D eigenvalue weighted by Gasteiger charge is 2.30. The second kappa shape index (κ2) is 13.0. The van der Waals surface area contributed by atoms with E-state index in [2.05, 4.69) is 10.0 Å². The number of amides is 1. The lowest BCUT2D eigenvalue weighted by Gasteiger charge is -2.22. The highest BCUT2D eigenvalue weighted by molar-refractivity contribution is 7.92. The average Bonchev–Trinajstić information content (AvgIpc) is 3.41. The molecular formula is C31H28Cl2N2O5S. The van der Waals surface area contributed by atoms with Crippen molar-refractivity contribution in [3.05, 3.63) is 118 Å². The summed E-state index contributed by atoms with van der Waals surface area (Å²) in [4.78, 5) is 13.4. The second-order valence-electron chi connectivity index (χ2n) is 9.65. The molecule has 212 valence electrons. The van der Waals surface area contributed by atoms with Crippen LogP contribution in [0, 0.1) is 0 Å². The molecule has 4 aromatic carbocycles. The molecule has 41 heavy (non-hydrogen) atoms. The predicted octanol–water partition coefficient (Wildman–Crippen LogP) is 7.45. The molecule has 0 heterocycles. The molecule has 0 saturated heterocycles. The first-order chi connectivity index (χ1) is 19.8. The minimum Gasteiger partial charge on any atom is -0.456 e. The van der Waals surface area contributed by atoms with Crippen molar-refractivity contribution in [1.82, 2.24) is 5.32 Å². The lowest BCUT2D eigenvalue weighted by Crippen LogP contribution is -2.41. The predicted molar refractivity (Wildman–Crippen MR) is 160 cm³/mol. The Morgan fingerprint density at radius 2 is 1.61 bits per heavy atom. The fraction of sp³-hybridized carbons (Fsp3) is 0.194. The number of halogens is 2. The molecule has 1 aliphatic carbocycles. The maximum Gasteiger partial charge on any atom is 0.261 e. The zero-order chi connectivity index (χ0) is 28.8. The molecule has 2 atom stereocenters. The maximum absolute atomic E-state index is 13.4. The average molecular weight is 612 g/mol. The summed E-state index contributed by atoms with van der Waals surface area (Å²) >= 11 is 12.3. The topological polar surface area (TPSA) is 93.7 Å². The molecule has 7 nitrogen and oxygen atoms in total. The highest BCUT2D eigenvalue weighted by Crippen LogP contribution is 2.31. The Bertz CT molecular complexity index is 1620. The third-order valence-corrected chi connectivity index (χ3v) is 8.67. The van der Waals surface area contributed by atoms with E-state index in [-0.39, 0.29) is 28.3 Å². The fourth-order valence-electron chi connectivity index (χ4n) is 4.65. The molecule has 5 rings (SSSR count). The number of anilines is 1. The molecule has 1 saturated carbocycles. The normalized spacial score (nSPS) is 16.7. The summed E-state index contributed by atoms with van der Waals surface area (Å²) in [6.45, 7) is 0.447. The van der Waals surface area contributed by atoms with Gasteiger partial charge in [-0.1, -0.05) is 65.7 Å². The van der Waals surface area contributed by atoms with Crippen molar-refractivity contribution in [1.29, 1.82) is 0 Å². The number of para-hydroxylation sites is 1. The van der Waals surface area contributed by atoms with Crippen molar-refractivity contribution < 1.29 is 22.7 Å². The Morgan fingerprint density at radius 1 is 0.878 bits per heavy atom. The van der Waals surface area contributed by atoms with E-state index in [0.29, 0.717) is 28.2 Å². The Morgan fingerprint density at radius 3 is 2.37 bits per heavy atom. The smallest absolute Gasteiger partial charge is 0.261 e. The second-order valence-corrected chi connectivity index (χ2v) is 12.2. The van der Waals surface area contributed by atoms with Crippen LogP contribution in [0.3, 0.4) is 0 Å². The zero-order valence-corrected chi connectivity index (χ0v) is 24.3. The number of nitrogens with one attached hydrogen (secondary N) is 2. The molecule has 0 aromatic heterocycles. The summed E-state index contributed by atoms with van der Waals surface area (Å²) < 4.78 is 40.9. The summed E-state index contributed by atoms with van der Waals surface area (Å²) in [5.41, 5.74) is 1.29. The van der Waals surface area contributed by atoms with Crippen LogP contribution in [0.4, 0.5) is 5.69 Å². The van der Waals surface area contributed by atoms with Crippen molar-refractivity contribution >= 4 is 44.8 Å². The quantitative estimate of drug-likeness (QED) is 0.194. The third kappa shape index (κ3) is 7.40. The highest BCUT2D eigenvalue weighted by atomic mass is 35.5. The Kier molecular flexibility index (Phi) is 9.15. The molecule has 10 heteroatoms. The number of carbonyl (C=O) groups is 1. The molecule has 0 radical (unpaired) electrons. The lowest BCUT2D eigenvalue weighted by atomic mass is 10.1. The zero-order valence-electron chi connectivity index (χ0n) is 21.9. The molecule has 1 aliphatic rings. The summed E-state index contributed by atoms with van der Waals surface area (Å²) in [5, 5.41) is 3.77. The Balaban J connectivity index is 1.27. The number of ether oxygens (including phenoxy) is 2. The number of hydrogen-bond donors (Lipinski definition) is 2. The van der Waals surface area contributed by atoms with Gasteiger partial charge in [-0.25, -0.2) is 8.42 Å². The van der Waals surface area contributed by atoms with Gasteiger partial charge in [-0.3, -0.25) is 9.52 Å². The SMILES string of the molecule is O=C(N[C@H]1CCC[C@@H]1OCc1ccccc1)c1cc(Cl)ccc1NS(=O)(=O)c1ccc(Oc2ccccc2Cl)cc1. The molecule has 0 bridgehead atoms. The van der Waals surface area contributed by atoms with Crippen LogP contribution in [0.15, 0.2) is 102 Å². The molecule has 1 amide bonds. The van der Waals surface area contributed by atoms with Crippen LogP contribution in [0.5, 0.6) is 11.5 Å². The van der Waals surface area contributed by atoms with Crippen LogP contribution in [0.1, 0.15) is 35.2 Å². The first kappa shape index (κ1) is 29.0. The number of hydrogen-bond acceptors (Lipinski definition) is 5. The molecular weight excluding hydrogens is 583 g/mol. The molecule has 0 spiro atoms. The van der Waals surface area contributed by atoms with E-state index in [0.717, 1.165) is 24.8 Å². The standard InChI is InChI=1S/C31H28Cl2N2O5S/c32-22-13-18-27(35-41(37,38)24-16-14-23(15-17-24)40-29-11-5-4-9-26(29)33)25(19-22)31(36)34-28-10-6-12-30(28)39-20-21-7-2-1-3-8-21/h1-5,7-9,11,13-19,28,30,35H,6,10,12,20H2,(H,34,36)/t28-,30-/m0/s1. The van der Waals surface area contributed by atoms with Gasteiger partial charge in [0, 0.05) is 5.02 Å². The van der Waals surface area contributed by atoms with Crippen LogP contribution in [0.25, 0.3) is 0 Å². The van der Waals surface area contributed by atoms with Crippen LogP contribution in [0.2, 0.25) is 10.0 Å². The van der Waals surface area contributed by atoms with E-state index in [1.165, 1.54) is 42.5 Å². The van der Waals surface area contributed by atoms with Gasteiger partial charge in [-0.15, -0.1) is 0 Å². The number of sulfonamides is 1. The maximum atomic E-state index is 13.4. The van der Waals surface area contributed by atoms with Gasteiger partial charge in [-0.05, 0) is 79.4 Å². The van der Waals surface area contributed by atoms with E-state index in [9.17, 15) is 13.2 Å². The lowest BCUT2D eigenvalue weighted by molar-refractivity contribution is 0.0272. The van der Waals surface area contributed by atoms with E-state index in [1.807, 2.05) is 30.3 Å². The van der Waals surface area contributed by atoms with Gasteiger partial charge in [0.25, 0.3) is 15.9 Å². The van der Waals surface area contributed by atoms with Gasteiger partial charge < -0.3 is 14.8 Å². The van der Waals surface area contributed by atoms with Crippen LogP contribution < -0.4 is 14.8 Å². The third-order valence-electron chi connectivity index (χ3n) is 6.75. The summed E-state index contributed by atoms with van der Waals surface area (Å²) in [5.74, 6) is 0.438. The van der Waals surface area contributed by atoms with E-state index in [4.69, 9.17) is 32.7 Å². The van der Waals surface area contributed by atoms with Crippen LogP contribution >= 0.6 is 23.2 Å². The van der Waals surface area contributed by atoms with Gasteiger partial charge in [0.15, 0.2) is 0 Å². The number of carbonyl (C=O) groups excluding carboxylic acids is 1. The first-order valence-corrected chi connectivity index (χ1v) is 15.3. The van der Waals surface area contributed by atoms with Gasteiger partial charge in [0.2, 0.25) is 0 Å². The van der Waals surface area contributed by atoms with Crippen molar-refractivity contribution in [2.45, 2.75) is 42.9 Å². The van der Waals surface area contributed by atoms with Crippen molar-refractivity contribution in [3.8, 4) is 11.5 Å². The van der Waals surface area contributed by atoms with Gasteiger partial charge in [-0.2, -0.15) is 0 Å². The molecule has 2 N–H and O–H groups in total. The number of rotatable bonds is 10. The van der Waals surface area contributed by atoms with Gasteiger partial charge in [0.05, 0.1) is 39.9 Å². The van der Waals surface area contributed by atoms with Crippen molar-refractivity contribution in [2.24, 2.45) is 0 Å². The minimum absolute atomic E-state index is 0.00418. The monoisotopic (exact) mass is 610 g/mol. The summed E-state index contributed by atoms with van der Waals surface area (Å²) in [6.07, 6.45) is 2.35. The van der Waals surface area contributed by atoms with E-state index >= 15 is 0 Å². The fourth-order valence-corrected chi connectivity index (χ4v) is 6.08. The first-order valence-electron chi connectivity index (χ1n) is 13.1. The van der Waals surface area contributed by atoms with Crippen molar-refractivity contribution in [3.63, 3.8) is 0 Å². The van der Waals surface area contributed by atoms with E-state index < -0.39 is 15.9 Å². The summed E-state index contributed by atoms with van der Waals surface area (Å²) in [6, 6.07) is 27.0. The van der Waals surface area contributed by atoms with E-state index in [1.54, 1.807) is 24.3 Å². The molecule has 0 aliphatic heterocycles.